The summed E-state index contributed by atoms with van der Waals surface area (Å²) in [6.07, 6.45) is 11.3. The van der Waals surface area contributed by atoms with Gasteiger partial charge in [0.1, 0.15) is 5.82 Å². The van der Waals surface area contributed by atoms with E-state index in [1.807, 2.05) is 12.4 Å². The molecule has 1 aromatic heterocycles. The maximum Gasteiger partial charge on any atom is 0.108 e. The van der Waals surface area contributed by atoms with Crippen molar-refractivity contribution in [2.24, 2.45) is 13.0 Å². The lowest BCUT2D eigenvalue weighted by Crippen LogP contribution is -2.16. The third kappa shape index (κ3) is 2.97. The molecule has 0 bridgehead atoms. The van der Waals surface area contributed by atoms with Gasteiger partial charge in [-0.2, -0.15) is 0 Å². The Bertz CT molecular complexity index is 308. The van der Waals surface area contributed by atoms with Gasteiger partial charge in [0.05, 0.1) is 0 Å². The van der Waals surface area contributed by atoms with Gasteiger partial charge in [-0.1, -0.05) is 12.8 Å². The standard InChI is InChI=1S/C12H19ClN2/c1-15-8-7-14-12(15)6-5-10-3-2-4-11(13)9-10/h7-8,10-11H,2-6,9H2,1H3. The Kier molecular flexibility index (Phi) is 3.68. The number of imidazole rings is 1. The molecule has 2 unspecified atom stereocenters. The summed E-state index contributed by atoms with van der Waals surface area (Å²) >= 11 is 6.18. The molecule has 1 saturated carbocycles. The van der Waals surface area contributed by atoms with Crippen molar-refractivity contribution in [2.45, 2.75) is 43.9 Å². The van der Waals surface area contributed by atoms with E-state index in [4.69, 9.17) is 11.6 Å². The van der Waals surface area contributed by atoms with Crippen LogP contribution in [0.3, 0.4) is 0 Å². The summed E-state index contributed by atoms with van der Waals surface area (Å²) in [7, 11) is 2.06. The fourth-order valence-corrected chi connectivity index (χ4v) is 2.86. The highest BCUT2D eigenvalue weighted by Crippen LogP contribution is 2.30. The molecule has 0 radical (unpaired) electrons. The Morgan fingerprint density at radius 3 is 3.07 bits per heavy atom. The molecule has 1 fully saturated rings. The van der Waals surface area contributed by atoms with Crippen molar-refractivity contribution in [1.82, 2.24) is 9.55 Å². The van der Waals surface area contributed by atoms with Gasteiger partial charge >= 0.3 is 0 Å². The molecule has 0 saturated heterocycles. The molecule has 2 atom stereocenters. The second-order valence-corrected chi connectivity index (χ2v) is 5.24. The molecule has 2 nitrogen and oxygen atoms in total. The van der Waals surface area contributed by atoms with Crippen LogP contribution in [0.4, 0.5) is 0 Å². The zero-order valence-corrected chi connectivity index (χ0v) is 10.1. The van der Waals surface area contributed by atoms with Crippen LogP contribution in [0.1, 0.15) is 37.9 Å². The zero-order chi connectivity index (χ0) is 10.7. The minimum atomic E-state index is 0.421. The summed E-state index contributed by atoms with van der Waals surface area (Å²) in [6.45, 7) is 0. The highest BCUT2D eigenvalue weighted by molar-refractivity contribution is 6.20. The molecule has 0 N–H and O–H groups in total. The Balaban J connectivity index is 1.80. The summed E-state index contributed by atoms with van der Waals surface area (Å²) in [6, 6.07) is 0. The quantitative estimate of drug-likeness (QED) is 0.724. The summed E-state index contributed by atoms with van der Waals surface area (Å²) in [4.78, 5) is 4.35. The molecule has 2 rings (SSSR count). The SMILES string of the molecule is Cn1ccnc1CCC1CCCC(Cl)C1. The molecule has 0 spiro atoms. The fourth-order valence-electron chi connectivity index (χ4n) is 2.46. The fraction of sp³-hybridized carbons (Fsp3) is 0.750. The molecule has 3 heteroatoms. The third-order valence-electron chi connectivity index (χ3n) is 3.42. The predicted octanol–water partition coefficient (Wildman–Crippen LogP) is 3.15. The summed E-state index contributed by atoms with van der Waals surface area (Å²) in [5, 5.41) is 0.421. The average molecular weight is 227 g/mol. The smallest absolute Gasteiger partial charge is 0.108 e. The second kappa shape index (κ2) is 5.02. The van der Waals surface area contributed by atoms with Crippen molar-refractivity contribution >= 4 is 11.6 Å². The predicted molar refractivity (Wildman–Crippen MR) is 63.1 cm³/mol. The van der Waals surface area contributed by atoms with Gasteiger partial charge in [-0.3, -0.25) is 0 Å². The summed E-state index contributed by atoms with van der Waals surface area (Å²) in [5.41, 5.74) is 0. The first-order valence-electron chi connectivity index (χ1n) is 5.86. The number of nitrogens with zero attached hydrogens (tertiary/aromatic N) is 2. The molecule has 1 aliphatic rings. The van der Waals surface area contributed by atoms with Gasteiger partial charge < -0.3 is 4.57 Å². The van der Waals surface area contributed by atoms with E-state index in [0.717, 1.165) is 12.3 Å². The minimum absolute atomic E-state index is 0.421. The van der Waals surface area contributed by atoms with Gasteiger partial charge in [0.2, 0.25) is 0 Å². The first-order chi connectivity index (χ1) is 7.25. The van der Waals surface area contributed by atoms with Crippen LogP contribution < -0.4 is 0 Å². The third-order valence-corrected chi connectivity index (χ3v) is 3.81. The molecule has 1 aromatic rings. The van der Waals surface area contributed by atoms with Crippen LogP contribution in [0.15, 0.2) is 12.4 Å². The lowest BCUT2D eigenvalue weighted by atomic mass is 9.86. The molecule has 1 heterocycles. The van der Waals surface area contributed by atoms with Gasteiger partial charge in [0.25, 0.3) is 0 Å². The lowest BCUT2D eigenvalue weighted by molar-refractivity contribution is 0.341. The van der Waals surface area contributed by atoms with Crippen molar-refractivity contribution in [3.63, 3.8) is 0 Å². The number of aryl methyl sites for hydroxylation is 2. The first kappa shape index (κ1) is 11.0. The van der Waals surface area contributed by atoms with Gasteiger partial charge in [-0.15, -0.1) is 11.6 Å². The number of halogens is 1. The van der Waals surface area contributed by atoms with E-state index in [9.17, 15) is 0 Å². The number of hydrogen-bond donors (Lipinski definition) is 0. The Hall–Kier alpha value is -0.500. The van der Waals surface area contributed by atoms with Gasteiger partial charge in [0.15, 0.2) is 0 Å². The van der Waals surface area contributed by atoms with E-state index < -0.39 is 0 Å². The van der Waals surface area contributed by atoms with Gasteiger partial charge in [-0.25, -0.2) is 4.98 Å². The Labute approximate surface area is 96.7 Å². The van der Waals surface area contributed by atoms with Gasteiger partial charge in [-0.05, 0) is 25.2 Å². The first-order valence-corrected chi connectivity index (χ1v) is 6.29. The molecule has 0 amide bonds. The topological polar surface area (TPSA) is 17.8 Å². The largest absolute Gasteiger partial charge is 0.338 e. The molecule has 15 heavy (non-hydrogen) atoms. The van der Waals surface area contributed by atoms with Crippen LogP contribution in [0, 0.1) is 5.92 Å². The van der Waals surface area contributed by atoms with Crippen LogP contribution in [0.2, 0.25) is 0 Å². The normalized spacial score (nSPS) is 26.8. The van der Waals surface area contributed by atoms with E-state index in [1.165, 1.54) is 37.9 Å². The van der Waals surface area contributed by atoms with Crippen LogP contribution in [0.5, 0.6) is 0 Å². The highest BCUT2D eigenvalue weighted by Gasteiger charge is 2.20. The van der Waals surface area contributed by atoms with Crippen LogP contribution in [-0.2, 0) is 13.5 Å². The van der Waals surface area contributed by atoms with E-state index in [2.05, 4.69) is 16.6 Å². The Morgan fingerprint density at radius 2 is 2.40 bits per heavy atom. The maximum atomic E-state index is 6.18. The average Bonchev–Trinajstić information content (AvgIpc) is 2.61. The molecular formula is C12H19ClN2. The van der Waals surface area contributed by atoms with E-state index in [-0.39, 0.29) is 0 Å². The molecule has 0 aromatic carbocycles. The van der Waals surface area contributed by atoms with Crippen molar-refractivity contribution in [2.75, 3.05) is 0 Å². The van der Waals surface area contributed by atoms with Crippen LogP contribution >= 0.6 is 11.6 Å². The monoisotopic (exact) mass is 226 g/mol. The molecule has 84 valence electrons. The lowest BCUT2D eigenvalue weighted by Gasteiger charge is -2.25. The van der Waals surface area contributed by atoms with E-state index in [0.29, 0.717) is 5.38 Å². The summed E-state index contributed by atoms with van der Waals surface area (Å²) < 4.78 is 2.11. The van der Waals surface area contributed by atoms with Crippen molar-refractivity contribution in [1.29, 1.82) is 0 Å². The number of rotatable bonds is 3. The van der Waals surface area contributed by atoms with Crippen LogP contribution in [-0.4, -0.2) is 14.9 Å². The zero-order valence-electron chi connectivity index (χ0n) is 9.32. The molecular weight excluding hydrogens is 208 g/mol. The van der Waals surface area contributed by atoms with Gasteiger partial charge in [0, 0.05) is 31.2 Å². The maximum absolute atomic E-state index is 6.18. The second-order valence-electron chi connectivity index (χ2n) is 4.62. The van der Waals surface area contributed by atoms with E-state index >= 15 is 0 Å². The van der Waals surface area contributed by atoms with Crippen molar-refractivity contribution in [3.8, 4) is 0 Å². The van der Waals surface area contributed by atoms with Crippen molar-refractivity contribution < 1.29 is 0 Å². The number of hydrogen-bond acceptors (Lipinski definition) is 1. The molecule has 0 aliphatic heterocycles. The molecule has 1 aliphatic carbocycles. The van der Waals surface area contributed by atoms with Crippen LogP contribution in [0.25, 0.3) is 0 Å². The summed E-state index contributed by atoms with van der Waals surface area (Å²) in [5.74, 6) is 2.02. The highest BCUT2D eigenvalue weighted by atomic mass is 35.5. The van der Waals surface area contributed by atoms with Crippen molar-refractivity contribution in [3.05, 3.63) is 18.2 Å². The minimum Gasteiger partial charge on any atom is -0.338 e. The number of alkyl halides is 1. The van der Waals surface area contributed by atoms with E-state index in [1.54, 1.807) is 0 Å². The Morgan fingerprint density at radius 1 is 1.53 bits per heavy atom. The number of aromatic nitrogens is 2.